The normalized spacial score (nSPS) is 11.1. The second-order valence-electron chi connectivity index (χ2n) is 5.81. The molecule has 0 spiro atoms. The van der Waals surface area contributed by atoms with E-state index >= 15 is 0 Å². The average molecular weight is 372 g/mol. The molecule has 3 aromatic rings. The highest BCUT2D eigenvalue weighted by molar-refractivity contribution is 6.03. The van der Waals surface area contributed by atoms with Gasteiger partial charge in [0.1, 0.15) is 17.8 Å². The van der Waals surface area contributed by atoms with Gasteiger partial charge in [0.2, 0.25) is 0 Å². The number of hydrogen-bond donors (Lipinski definition) is 2. The summed E-state index contributed by atoms with van der Waals surface area (Å²) < 4.78 is 38.3. The first kappa shape index (κ1) is 18.4. The fraction of sp³-hybridized carbons (Fsp3) is 0.105. The number of aromatic nitrogens is 2. The maximum atomic E-state index is 12.8. The first-order valence-corrected chi connectivity index (χ1v) is 7.95. The number of carbonyl (C=O) groups is 1. The molecule has 5 nitrogen and oxygen atoms in total. The van der Waals surface area contributed by atoms with Gasteiger partial charge in [0.05, 0.1) is 5.56 Å². The molecule has 0 unspecified atom stereocenters. The van der Waals surface area contributed by atoms with Crippen LogP contribution in [-0.4, -0.2) is 15.9 Å². The average Bonchev–Trinajstić information content (AvgIpc) is 2.63. The zero-order valence-corrected chi connectivity index (χ0v) is 14.2. The van der Waals surface area contributed by atoms with E-state index in [-0.39, 0.29) is 11.4 Å². The summed E-state index contributed by atoms with van der Waals surface area (Å²) in [6.07, 6.45) is -3.28. The van der Waals surface area contributed by atoms with Crippen molar-refractivity contribution in [2.45, 2.75) is 13.1 Å². The third-order valence-corrected chi connectivity index (χ3v) is 3.67. The van der Waals surface area contributed by atoms with E-state index in [1.807, 2.05) is 31.2 Å². The number of amides is 1. The molecule has 0 aliphatic rings. The van der Waals surface area contributed by atoms with Crippen molar-refractivity contribution in [1.82, 2.24) is 9.97 Å². The molecule has 0 fully saturated rings. The number of nitrogens with one attached hydrogen (secondary N) is 2. The predicted molar refractivity (Wildman–Crippen MR) is 95.9 cm³/mol. The first-order chi connectivity index (χ1) is 12.8. The highest BCUT2D eigenvalue weighted by Gasteiger charge is 2.30. The smallest absolute Gasteiger partial charge is 0.340 e. The first-order valence-electron chi connectivity index (χ1n) is 7.95. The summed E-state index contributed by atoms with van der Waals surface area (Å²) in [4.78, 5) is 20.2. The van der Waals surface area contributed by atoms with Crippen LogP contribution in [0.2, 0.25) is 0 Å². The van der Waals surface area contributed by atoms with Crippen molar-refractivity contribution in [3.63, 3.8) is 0 Å². The van der Waals surface area contributed by atoms with Gasteiger partial charge in [-0.25, -0.2) is 9.97 Å². The van der Waals surface area contributed by atoms with E-state index < -0.39 is 17.6 Å². The second kappa shape index (κ2) is 7.45. The van der Waals surface area contributed by atoms with Gasteiger partial charge in [-0.2, -0.15) is 13.2 Å². The highest BCUT2D eigenvalue weighted by atomic mass is 19.4. The second-order valence-corrected chi connectivity index (χ2v) is 5.81. The van der Waals surface area contributed by atoms with Crippen molar-refractivity contribution in [2.75, 3.05) is 10.6 Å². The van der Waals surface area contributed by atoms with E-state index in [0.29, 0.717) is 5.82 Å². The van der Waals surface area contributed by atoms with Gasteiger partial charge in [-0.1, -0.05) is 23.8 Å². The Bertz CT molecular complexity index is 956. The van der Waals surface area contributed by atoms with Gasteiger partial charge in [0.15, 0.2) is 0 Å². The molecule has 0 aliphatic heterocycles. The quantitative estimate of drug-likeness (QED) is 0.690. The molecule has 0 bridgehead atoms. The third kappa shape index (κ3) is 4.81. The lowest BCUT2D eigenvalue weighted by Gasteiger charge is -2.10. The lowest BCUT2D eigenvalue weighted by atomic mass is 10.2. The Kier molecular flexibility index (Phi) is 5.07. The molecule has 0 atom stereocenters. The van der Waals surface area contributed by atoms with E-state index in [2.05, 4.69) is 20.6 Å². The van der Waals surface area contributed by atoms with Crippen LogP contribution in [-0.2, 0) is 6.18 Å². The van der Waals surface area contributed by atoms with E-state index in [4.69, 9.17) is 0 Å². The Morgan fingerprint density at radius 1 is 0.963 bits per heavy atom. The molecule has 0 saturated carbocycles. The molecule has 1 amide bonds. The van der Waals surface area contributed by atoms with Crippen LogP contribution in [0.3, 0.4) is 0 Å². The Hall–Kier alpha value is -3.42. The lowest BCUT2D eigenvalue weighted by molar-refractivity contribution is -0.137. The zero-order valence-electron chi connectivity index (χ0n) is 14.2. The van der Waals surface area contributed by atoms with Crippen molar-refractivity contribution in [3.05, 3.63) is 77.7 Å². The Labute approximate surface area is 153 Å². The fourth-order valence-electron chi connectivity index (χ4n) is 2.30. The predicted octanol–water partition coefficient (Wildman–Crippen LogP) is 4.80. The van der Waals surface area contributed by atoms with Crippen molar-refractivity contribution < 1.29 is 18.0 Å². The molecule has 8 heteroatoms. The van der Waals surface area contributed by atoms with Crippen molar-refractivity contribution >= 4 is 23.1 Å². The van der Waals surface area contributed by atoms with E-state index in [1.54, 1.807) is 0 Å². The standard InChI is InChI=1S/C19H15F3N4O/c1-12-5-7-14(8-6-12)25-17-10-16(23-11-24-17)18(27)26-15-4-2-3-13(9-15)19(20,21)22/h2-11H,1H3,(H,26,27)(H,23,24,25). The molecular weight excluding hydrogens is 357 g/mol. The van der Waals surface area contributed by atoms with Gasteiger partial charge in [-0.15, -0.1) is 0 Å². The number of aryl methyl sites for hydroxylation is 1. The summed E-state index contributed by atoms with van der Waals surface area (Å²) in [5.74, 6) is -0.244. The number of benzene rings is 2. The molecular formula is C19H15F3N4O. The summed E-state index contributed by atoms with van der Waals surface area (Å²) in [5.41, 5.74) is 1.09. The number of nitrogens with zero attached hydrogens (tertiary/aromatic N) is 2. The number of hydrogen-bond acceptors (Lipinski definition) is 4. The zero-order chi connectivity index (χ0) is 19.4. The Balaban J connectivity index is 1.75. The monoisotopic (exact) mass is 372 g/mol. The van der Waals surface area contributed by atoms with Crippen LogP contribution in [0.25, 0.3) is 0 Å². The van der Waals surface area contributed by atoms with Gasteiger partial charge >= 0.3 is 6.18 Å². The van der Waals surface area contributed by atoms with Crippen LogP contribution in [0.15, 0.2) is 60.9 Å². The molecule has 0 saturated heterocycles. The molecule has 2 N–H and O–H groups in total. The largest absolute Gasteiger partial charge is 0.416 e. The van der Waals surface area contributed by atoms with E-state index in [9.17, 15) is 18.0 Å². The Morgan fingerprint density at radius 3 is 2.41 bits per heavy atom. The molecule has 3 rings (SSSR count). The molecule has 27 heavy (non-hydrogen) atoms. The third-order valence-electron chi connectivity index (χ3n) is 3.67. The maximum Gasteiger partial charge on any atom is 0.416 e. The molecule has 2 aromatic carbocycles. The van der Waals surface area contributed by atoms with Gasteiger partial charge < -0.3 is 10.6 Å². The van der Waals surface area contributed by atoms with Gasteiger partial charge in [0, 0.05) is 17.4 Å². The minimum absolute atomic E-state index is 0.0250. The van der Waals surface area contributed by atoms with E-state index in [1.165, 1.54) is 24.5 Å². The number of halogens is 3. The lowest BCUT2D eigenvalue weighted by Crippen LogP contribution is -2.15. The summed E-state index contributed by atoms with van der Waals surface area (Å²) in [7, 11) is 0. The Morgan fingerprint density at radius 2 is 1.70 bits per heavy atom. The molecule has 1 aromatic heterocycles. The van der Waals surface area contributed by atoms with Crippen LogP contribution >= 0.6 is 0 Å². The van der Waals surface area contributed by atoms with Crippen molar-refractivity contribution in [2.24, 2.45) is 0 Å². The van der Waals surface area contributed by atoms with Crippen LogP contribution in [0.4, 0.5) is 30.4 Å². The van der Waals surface area contributed by atoms with Crippen LogP contribution < -0.4 is 10.6 Å². The number of alkyl halides is 3. The molecule has 138 valence electrons. The maximum absolute atomic E-state index is 12.8. The molecule has 0 aliphatic carbocycles. The minimum Gasteiger partial charge on any atom is -0.340 e. The summed E-state index contributed by atoms with van der Waals surface area (Å²) in [6, 6.07) is 13.4. The van der Waals surface area contributed by atoms with Crippen LogP contribution in [0.5, 0.6) is 0 Å². The van der Waals surface area contributed by atoms with Gasteiger partial charge in [-0.05, 0) is 37.3 Å². The van der Waals surface area contributed by atoms with Gasteiger partial charge in [-0.3, -0.25) is 4.79 Å². The van der Waals surface area contributed by atoms with Crippen molar-refractivity contribution in [1.29, 1.82) is 0 Å². The molecule has 1 heterocycles. The fourth-order valence-corrected chi connectivity index (χ4v) is 2.30. The molecule has 0 radical (unpaired) electrons. The number of anilines is 3. The number of rotatable bonds is 4. The number of carbonyl (C=O) groups excluding carboxylic acids is 1. The highest BCUT2D eigenvalue weighted by Crippen LogP contribution is 2.30. The van der Waals surface area contributed by atoms with Gasteiger partial charge in [0.25, 0.3) is 5.91 Å². The van der Waals surface area contributed by atoms with Crippen LogP contribution in [0, 0.1) is 6.92 Å². The SMILES string of the molecule is Cc1ccc(Nc2cc(C(=O)Nc3cccc(C(F)(F)F)c3)ncn2)cc1. The summed E-state index contributed by atoms with van der Waals surface area (Å²) in [6.45, 7) is 1.96. The topological polar surface area (TPSA) is 66.9 Å². The summed E-state index contributed by atoms with van der Waals surface area (Å²) in [5, 5.41) is 5.45. The summed E-state index contributed by atoms with van der Waals surface area (Å²) >= 11 is 0. The van der Waals surface area contributed by atoms with Crippen molar-refractivity contribution in [3.8, 4) is 0 Å². The van der Waals surface area contributed by atoms with E-state index in [0.717, 1.165) is 23.4 Å². The minimum atomic E-state index is -4.49. The van der Waals surface area contributed by atoms with Crippen LogP contribution in [0.1, 0.15) is 21.6 Å².